The van der Waals surface area contributed by atoms with E-state index in [9.17, 15) is 4.79 Å². The van der Waals surface area contributed by atoms with Crippen LogP contribution in [0.25, 0.3) is 10.9 Å². The Morgan fingerprint density at radius 3 is 3.04 bits per heavy atom. The molecule has 7 nitrogen and oxygen atoms in total. The molecule has 0 bridgehead atoms. The lowest BCUT2D eigenvalue weighted by Crippen LogP contribution is -2.32. The lowest BCUT2D eigenvalue weighted by atomic mass is 10.1. The minimum Gasteiger partial charge on any atom is -0.315 e. The van der Waals surface area contributed by atoms with E-state index in [1.165, 1.54) is 0 Å². The minimum absolute atomic E-state index is 0. The number of hydrogen-bond donors (Lipinski definition) is 3. The summed E-state index contributed by atoms with van der Waals surface area (Å²) in [5.74, 6) is 0.164. The van der Waals surface area contributed by atoms with Crippen molar-refractivity contribution in [3.8, 4) is 0 Å². The summed E-state index contributed by atoms with van der Waals surface area (Å²) in [5.41, 5.74) is 1.08. The molecule has 0 radical (unpaired) electrons. The Balaban J connectivity index is 0.00000182. The summed E-state index contributed by atoms with van der Waals surface area (Å²) in [6, 6.07) is 7.47. The van der Waals surface area contributed by atoms with Gasteiger partial charge in [0.1, 0.15) is 0 Å². The SMILES string of the molecule is Cl.O=C(Nc1n[nH]c2c(Cl)cccc12)c1ccn(C2CCCNC2)n1. The van der Waals surface area contributed by atoms with Gasteiger partial charge >= 0.3 is 0 Å². The van der Waals surface area contributed by atoms with Gasteiger partial charge in [-0.2, -0.15) is 10.2 Å². The van der Waals surface area contributed by atoms with Crippen LogP contribution >= 0.6 is 24.0 Å². The Hall–Kier alpha value is -2.09. The predicted octanol–water partition coefficient (Wildman–Crippen LogP) is 3.01. The number of carbonyl (C=O) groups is 1. The van der Waals surface area contributed by atoms with Crippen LogP contribution in [0.3, 0.4) is 0 Å². The van der Waals surface area contributed by atoms with Gasteiger partial charge in [-0.05, 0) is 37.6 Å². The summed E-state index contributed by atoms with van der Waals surface area (Å²) in [5, 5.41) is 18.9. The normalized spacial score (nSPS) is 17.2. The summed E-state index contributed by atoms with van der Waals surface area (Å²) in [7, 11) is 0. The number of rotatable bonds is 3. The molecule has 2 aromatic heterocycles. The number of nitrogens with one attached hydrogen (secondary N) is 3. The van der Waals surface area contributed by atoms with Crippen LogP contribution in [0.5, 0.6) is 0 Å². The lowest BCUT2D eigenvalue weighted by Gasteiger charge is -2.22. The molecule has 1 saturated heterocycles. The van der Waals surface area contributed by atoms with Crippen molar-refractivity contribution < 1.29 is 4.79 Å². The number of fused-ring (bicyclic) bond motifs is 1. The quantitative estimate of drug-likeness (QED) is 0.651. The molecule has 0 saturated carbocycles. The van der Waals surface area contributed by atoms with Crippen molar-refractivity contribution in [2.75, 3.05) is 18.4 Å². The molecule has 0 spiro atoms. The van der Waals surface area contributed by atoms with Gasteiger partial charge in [-0.15, -0.1) is 12.4 Å². The number of H-pyrrole nitrogens is 1. The summed E-state index contributed by atoms with van der Waals surface area (Å²) >= 11 is 6.11. The highest BCUT2D eigenvalue weighted by Gasteiger charge is 2.19. The first-order chi connectivity index (χ1) is 11.7. The Bertz CT molecular complexity index is 884. The topological polar surface area (TPSA) is 87.6 Å². The van der Waals surface area contributed by atoms with Crippen LogP contribution in [0.4, 0.5) is 5.82 Å². The highest BCUT2D eigenvalue weighted by atomic mass is 35.5. The van der Waals surface area contributed by atoms with Gasteiger partial charge in [-0.1, -0.05) is 17.7 Å². The molecule has 3 heterocycles. The van der Waals surface area contributed by atoms with Gasteiger partial charge in [-0.3, -0.25) is 14.6 Å². The molecule has 3 N–H and O–H groups in total. The van der Waals surface area contributed by atoms with E-state index in [1.807, 2.05) is 23.0 Å². The van der Waals surface area contributed by atoms with Gasteiger partial charge in [0.15, 0.2) is 11.5 Å². The van der Waals surface area contributed by atoms with E-state index in [0.29, 0.717) is 28.1 Å². The molecule has 1 amide bonds. The number of nitrogens with zero attached hydrogens (tertiary/aromatic N) is 3. The lowest BCUT2D eigenvalue weighted by molar-refractivity contribution is 0.102. The second-order valence-corrected chi connectivity index (χ2v) is 6.28. The molecule has 1 unspecified atom stereocenters. The zero-order chi connectivity index (χ0) is 16.5. The maximum atomic E-state index is 12.4. The van der Waals surface area contributed by atoms with Crippen LogP contribution < -0.4 is 10.6 Å². The van der Waals surface area contributed by atoms with Crippen molar-refractivity contribution >= 4 is 46.6 Å². The van der Waals surface area contributed by atoms with Gasteiger partial charge < -0.3 is 10.6 Å². The molecule has 132 valence electrons. The first-order valence-electron chi connectivity index (χ1n) is 7.92. The summed E-state index contributed by atoms with van der Waals surface area (Å²) < 4.78 is 1.86. The van der Waals surface area contributed by atoms with E-state index in [1.54, 1.807) is 12.1 Å². The molecule has 3 aromatic rings. The van der Waals surface area contributed by atoms with Crippen molar-refractivity contribution in [2.45, 2.75) is 18.9 Å². The largest absolute Gasteiger partial charge is 0.315 e. The molecule has 4 rings (SSSR count). The molecule has 9 heteroatoms. The number of para-hydroxylation sites is 1. The molecule has 1 fully saturated rings. The molecule has 25 heavy (non-hydrogen) atoms. The number of carbonyl (C=O) groups excluding carboxylic acids is 1. The Morgan fingerprint density at radius 1 is 1.36 bits per heavy atom. The number of amides is 1. The van der Waals surface area contributed by atoms with Crippen LogP contribution in [0.1, 0.15) is 29.4 Å². The number of aromatic amines is 1. The summed E-state index contributed by atoms with van der Waals surface area (Å²) in [6.45, 7) is 1.92. The fourth-order valence-electron chi connectivity index (χ4n) is 3.00. The molecular weight excluding hydrogens is 363 g/mol. The van der Waals surface area contributed by atoms with Crippen molar-refractivity contribution in [3.05, 3.63) is 41.2 Å². The Labute approximate surface area is 155 Å². The fourth-order valence-corrected chi connectivity index (χ4v) is 3.21. The van der Waals surface area contributed by atoms with Crippen molar-refractivity contribution in [1.29, 1.82) is 0 Å². The summed E-state index contributed by atoms with van der Waals surface area (Å²) in [6.07, 6.45) is 4.04. The second kappa shape index (κ2) is 7.43. The second-order valence-electron chi connectivity index (χ2n) is 5.87. The zero-order valence-corrected chi connectivity index (χ0v) is 14.9. The number of aromatic nitrogens is 4. The van der Waals surface area contributed by atoms with E-state index < -0.39 is 0 Å². The molecule has 1 aromatic carbocycles. The number of halogens is 2. The van der Waals surface area contributed by atoms with Gasteiger partial charge in [0.2, 0.25) is 0 Å². The van der Waals surface area contributed by atoms with Crippen molar-refractivity contribution in [1.82, 2.24) is 25.3 Å². The van der Waals surface area contributed by atoms with E-state index in [0.717, 1.165) is 31.3 Å². The number of hydrogen-bond acceptors (Lipinski definition) is 4. The number of piperidine rings is 1. The van der Waals surface area contributed by atoms with Gasteiger partial charge in [0.05, 0.1) is 16.6 Å². The predicted molar refractivity (Wildman–Crippen MR) is 99.7 cm³/mol. The van der Waals surface area contributed by atoms with Gasteiger partial charge in [0, 0.05) is 18.1 Å². The smallest absolute Gasteiger partial charge is 0.277 e. The maximum absolute atomic E-state index is 12.4. The molecule has 1 atom stereocenters. The van der Waals surface area contributed by atoms with Crippen LogP contribution in [0, 0.1) is 0 Å². The third-order valence-corrected chi connectivity index (χ3v) is 4.58. The maximum Gasteiger partial charge on any atom is 0.277 e. The Kier molecular flexibility index (Phi) is 5.27. The average Bonchev–Trinajstić information content (AvgIpc) is 3.24. The highest BCUT2D eigenvalue weighted by Crippen LogP contribution is 2.26. The van der Waals surface area contributed by atoms with Gasteiger partial charge in [-0.25, -0.2) is 0 Å². The standard InChI is InChI=1S/C16H17ClN6O.ClH/c17-12-5-1-4-11-14(12)20-21-15(11)19-16(24)13-6-8-23(22-13)10-3-2-7-18-9-10;/h1,4-6,8,10,18H,2-3,7,9H2,(H2,19,20,21,24);1H. The highest BCUT2D eigenvalue weighted by molar-refractivity contribution is 6.35. The van der Waals surface area contributed by atoms with Crippen LogP contribution in [0.2, 0.25) is 5.02 Å². The molecular formula is C16H18Cl2N6O. The molecule has 1 aliphatic rings. The van der Waals surface area contributed by atoms with Gasteiger partial charge in [0.25, 0.3) is 5.91 Å². The molecule has 0 aliphatic carbocycles. The van der Waals surface area contributed by atoms with Crippen molar-refractivity contribution in [2.24, 2.45) is 0 Å². The van der Waals surface area contributed by atoms with E-state index >= 15 is 0 Å². The monoisotopic (exact) mass is 380 g/mol. The van der Waals surface area contributed by atoms with Crippen LogP contribution in [-0.4, -0.2) is 39.0 Å². The first kappa shape index (κ1) is 17.7. The Morgan fingerprint density at radius 2 is 2.24 bits per heavy atom. The fraction of sp³-hybridized carbons (Fsp3) is 0.312. The third-order valence-electron chi connectivity index (χ3n) is 4.27. The van der Waals surface area contributed by atoms with Crippen LogP contribution in [-0.2, 0) is 0 Å². The average molecular weight is 381 g/mol. The first-order valence-corrected chi connectivity index (χ1v) is 8.30. The van der Waals surface area contributed by atoms with E-state index in [-0.39, 0.29) is 18.3 Å². The van der Waals surface area contributed by atoms with Crippen LogP contribution in [0.15, 0.2) is 30.5 Å². The van der Waals surface area contributed by atoms with Crippen molar-refractivity contribution in [3.63, 3.8) is 0 Å². The third kappa shape index (κ3) is 3.49. The number of anilines is 1. The number of benzene rings is 1. The van der Waals surface area contributed by atoms with E-state index in [4.69, 9.17) is 11.6 Å². The minimum atomic E-state index is -0.286. The molecule has 1 aliphatic heterocycles. The summed E-state index contributed by atoms with van der Waals surface area (Å²) in [4.78, 5) is 12.4. The zero-order valence-electron chi connectivity index (χ0n) is 13.3. The van der Waals surface area contributed by atoms with E-state index in [2.05, 4.69) is 25.9 Å².